The summed E-state index contributed by atoms with van der Waals surface area (Å²) in [6, 6.07) is 1.98. The molecule has 1 aliphatic rings. The van der Waals surface area contributed by atoms with Crippen LogP contribution in [0, 0.1) is 17.8 Å². The molecule has 5 N–H and O–H groups in total. The molecule has 0 aliphatic heterocycles. The van der Waals surface area contributed by atoms with E-state index >= 15 is 0 Å². The maximum Gasteiger partial charge on any atom is 0.167 e. The van der Waals surface area contributed by atoms with Gasteiger partial charge in [-0.15, -0.1) is 0 Å². The first-order valence-electron chi connectivity index (χ1n) is 12.5. The number of phenolic OH excluding ortho intramolecular Hbond substituents is 1. The van der Waals surface area contributed by atoms with Crippen molar-refractivity contribution in [3.05, 3.63) is 22.8 Å². The fourth-order valence-corrected chi connectivity index (χ4v) is 5.27. The van der Waals surface area contributed by atoms with Crippen LogP contribution in [0.15, 0.2) is 6.07 Å². The Kier molecular flexibility index (Phi) is 12.6. The van der Waals surface area contributed by atoms with Crippen LogP contribution in [-0.2, 0) is 22.4 Å². The Bertz CT molecular complexity index is 892. The number of hydrogen-bond donors (Lipinski definition) is 3. The number of benzene rings is 1. The van der Waals surface area contributed by atoms with Gasteiger partial charge in [-0.25, -0.2) is 0 Å². The topological polar surface area (TPSA) is 147 Å². The maximum absolute atomic E-state index is 13.2. The van der Waals surface area contributed by atoms with Gasteiger partial charge in [0.2, 0.25) is 0 Å². The second-order valence-corrected chi connectivity index (χ2v) is 9.95. The van der Waals surface area contributed by atoms with Crippen molar-refractivity contribution >= 4 is 23.0 Å². The molecular formula is C27H47NO7. The zero-order chi connectivity index (χ0) is 25.4. The highest BCUT2D eigenvalue weighted by Gasteiger charge is 2.35. The molecule has 35 heavy (non-hydrogen) atoms. The SMILES string of the molecule is CCCCCc1cc(N(C)C)c2c(c1O)C(=O)CC(CC(CCO)C(CO)C(=O)CC(C)=O)C2.O.[HH].[HH]. The number of unbranched alkanes of at least 4 members (excludes halogenated alkanes) is 2. The smallest absolute Gasteiger partial charge is 0.167 e. The normalized spacial score (nSPS) is 16.7. The van der Waals surface area contributed by atoms with Crippen LogP contribution < -0.4 is 4.90 Å². The lowest BCUT2D eigenvalue weighted by atomic mass is 9.73. The molecule has 1 aromatic carbocycles. The number of aliphatic hydroxyl groups is 2. The van der Waals surface area contributed by atoms with E-state index in [9.17, 15) is 29.7 Å². The van der Waals surface area contributed by atoms with Crippen LogP contribution in [0.5, 0.6) is 5.75 Å². The van der Waals surface area contributed by atoms with Crippen LogP contribution in [0.4, 0.5) is 5.69 Å². The van der Waals surface area contributed by atoms with Gasteiger partial charge in [-0.05, 0) is 68.1 Å². The average Bonchev–Trinajstić information content (AvgIpc) is 2.75. The molecule has 8 nitrogen and oxygen atoms in total. The second kappa shape index (κ2) is 14.3. The van der Waals surface area contributed by atoms with Gasteiger partial charge in [-0.2, -0.15) is 0 Å². The Balaban J connectivity index is 0. The zero-order valence-corrected chi connectivity index (χ0v) is 21.6. The molecule has 0 saturated carbocycles. The molecule has 0 saturated heterocycles. The summed E-state index contributed by atoms with van der Waals surface area (Å²) < 4.78 is 0. The van der Waals surface area contributed by atoms with Crippen molar-refractivity contribution in [2.75, 3.05) is 32.2 Å². The van der Waals surface area contributed by atoms with E-state index in [4.69, 9.17) is 0 Å². The van der Waals surface area contributed by atoms with Crippen LogP contribution >= 0.6 is 0 Å². The van der Waals surface area contributed by atoms with E-state index in [0.29, 0.717) is 24.8 Å². The Morgan fingerprint density at radius 1 is 1.20 bits per heavy atom. The third kappa shape index (κ3) is 7.85. The second-order valence-electron chi connectivity index (χ2n) is 9.95. The number of nitrogens with zero attached hydrogens (tertiary/aromatic N) is 1. The first kappa shape index (κ1) is 30.7. The van der Waals surface area contributed by atoms with Crippen molar-refractivity contribution < 1.29 is 38.0 Å². The Hall–Kier alpha value is -2.29. The van der Waals surface area contributed by atoms with Gasteiger partial charge in [-0.1, -0.05) is 19.8 Å². The number of fused-ring (bicyclic) bond motifs is 1. The predicted octanol–water partition coefficient (Wildman–Crippen LogP) is 3.15. The summed E-state index contributed by atoms with van der Waals surface area (Å²) in [5.74, 6) is -1.74. The standard InChI is InChI=1S/C27H41NO6.H2O.2H2/c1-5-6-7-8-20-15-23(28(3)4)21-13-18(14-25(33)26(21)27(20)34)12-19(9-10-29)22(16-30)24(32)11-17(2)31;;;/h15,18-19,22,29-30,34H,5-14,16H2,1-4H3;1H2;2*1H. The lowest BCUT2D eigenvalue weighted by molar-refractivity contribution is -0.131. The number of carbonyl (C=O) groups excluding carboxylic acids is 3. The number of aliphatic hydroxyl groups excluding tert-OH is 2. The van der Waals surface area contributed by atoms with E-state index in [-0.39, 0.29) is 69.3 Å². The largest absolute Gasteiger partial charge is 0.507 e. The number of aromatic hydroxyl groups is 1. The van der Waals surface area contributed by atoms with Crippen LogP contribution in [0.3, 0.4) is 0 Å². The lowest BCUT2D eigenvalue weighted by Crippen LogP contribution is -2.33. The summed E-state index contributed by atoms with van der Waals surface area (Å²) in [7, 11) is 3.85. The third-order valence-corrected chi connectivity index (χ3v) is 6.98. The summed E-state index contributed by atoms with van der Waals surface area (Å²) in [6.45, 7) is 2.94. The minimum atomic E-state index is -0.741. The molecule has 0 radical (unpaired) electrons. The van der Waals surface area contributed by atoms with Gasteiger partial charge >= 0.3 is 0 Å². The van der Waals surface area contributed by atoms with Crippen LogP contribution in [-0.4, -0.2) is 65.5 Å². The molecule has 0 amide bonds. The highest BCUT2D eigenvalue weighted by Crippen LogP contribution is 2.42. The number of Topliss-reactive ketones (excluding diaryl/α,β-unsaturated/α-hetero) is 3. The summed E-state index contributed by atoms with van der Waals surface area (Å²) in [5.41, 5.74) is 2.96. The first-order chi connectivity index (χ1) is 16.1. The van der Waals surface area contributed by atoms with Crippen molar-refractivity contribution in [1.82, 2.24) is 0 Å². The van der Waals surface area contributed by atoms with Gasteiger partial charge in [0.15, 0.2) is 5.78 Å². The highest BCUT2D eigenvalue weighted by molar-refractivity contribution is 6.03. The molecule has 202 valence electrons. The number of ketones is 3. The number of rotatable bonds is 14. The number of phenols is 1. The van der Waals surface area contributed by atoms with Gasteiger partial charge in [0.1, 0.15) is 17.3 Å². The number of aryl methyl sites for hydroxylation is 1. The molecule has 0 spiro atoms. The van der Waals surface area contributed by atoms with Crippen LogP contribution in [0.1, 0.15) is 83.1 Å². The molecule has 0 fully saturated rings. The van der Waals surface area contributed by atoms with Gasteiger partial charge < -0.3 is 25.7 Å². The Morgan fingerprint density at radius 3 is 2.43 bits per heavy atom. The fourth-order valence-electron chi connectivity index (χ4n) is 5.27. The average molecular weight is 498 g/mol. The van der Waals surface area contributed by atoms with E-state index in [0.717, 1.165) is 42.5 Å². The molecule has 3 atom stereocenters. The summed E-state index contributed by atoms with van der Waals surface area (Å²) >= 11 is 0. The van der Waals surface area contributed by atoms with E-state index in [1.807, 2.05) is 25.1 Å². The van der Waals surface area contributed by atoms with E-state index in [2.05, 4.69) is 6.92 Å². The summed E-state index contributed by atoms with van der Waals surface area (Å²) in [6.07, 6.45) is 5.17. The first-order valence-corrected chi connectivity index (χ1v) is 12.5. The van der Waals surface area contributed by atoms with Gasteiger partial charge in [0, 0.05) is 41.6 Å². The maximum atomic E-state index is 13.2. The molecule has 0 aromatic heterocycles. The van der Waals surface area contributed by atoms with Crippen molar-refractivity contribution in [2.45, 2.75) is 71.6 Å². The Morgan fingerprint density at radius 2 is 1.89 bits per heavy atom. The zero-order valence-electron chi connectivity index (χ0n) is 21.6. The van der Waals surface area contributed by atoms with Crippen molar-refractivity contribution in [1.29, 1.82) is 0 Å². The Labute approximate surface area is 211 Å². The molecule has 0 heterocycles. The van der Waals surface area contributed by atoms with Crippen LogP contribution in [0.2, 0.25) is 0 Å². The molecule has 0 bridgehead atoms. The molecule has 3 unspecified atom stereocenters. The van der Waals surface area contributed by atoms with E-state index < -0.39 is 5.92 Å². The summed E-state index contributed by atoms with van der Waals surface area (Å²) in [4.78, 5) is 39.2. The van der Waals surface area contributed by atoms with Gasteiger partial charge in [0.25, 0.3) is 0 Å². The third-order valence-electron chi connectivity index (χ3n) is 6.98. The van der Waals surface area contributed by atoms with Crippen molar-refractivity contribution in [3.63, 3.8) is 0 Å². The van der Waals surface area contributed by atoms with Crippen LogP contribution in [0.25, 0.3) is 0 Å². The monoisotopic (exact) mass is 497 g/mol. The molecule has 1 aliphatic carbocycles. The fraction of sp³-hybridized carbons (Fsp3) is 0.667. The molecular weight excluding hydrogens is 450 g/mol. The molecule has 2 rings (SSSR count). The van der Waals surface area contributed by atoms with Crippen molar-refractivity contribution in [2.24, 2.45) is 17.8 Å². The van der Waals surface area contributed by atoms with Gasteiger partial charge in [0.05, 0.1) is 18.6 Å². The highest BCUT2D eigenvalue weighted by atomic mass is 16.3. The quantitative estimate of drug-likeness (QED) is 0.264. The predicted molar refractivity (Wildman–Crippen MR) is 140 cm³/mol. The van der Waals surface area contributed by atoms with E-state index in [1.54, 1.807) is 0 Å². The number of hydrogen-bond acceptors (Lipinski definition) is 7. The van der Waals surface area contributed by atoms with Crippen molar-refractivity contribution in [3.8, 4) is 5.75 Å². The molecule has 8 heteroatoms. The lowest BCUT2D eigenvalue weighted by Gasteiger charge is -2.33. The molecule has 1 aromatic rings. The minimum Gasteiger partial charge on any atom is -0.507 e. The number of anilines is 1. The minimum absolute atomic E-state index is 0. The van der Waals surface area contributed by atoms with E-state index in [1.165, 1.54) is 6.92 Å². The summed E-state index contributed by atoms with van der Waals surface area (Å²) in [5, 5.41) is 30.5. The number of carbonyl (C=O) groups is 3. The van der Waals surface area contributed by atoms with Gasteiger partial charge in [-0.3, -0.25) is 14.4 Å².